The lowest BCUT2D eigenvalue weighted by atomic mass is 9.91. The van der Waals surface area contributed by atoms with Crippen molar-refractivity contribution in [2.24, 2.45) is 17.8 Å². The van der Waals surface area contributed by atoms with Crippen molar-refractivity contribution in [2.45, 2.75) is 12.8 Å². The molecule has 0 unspecified atom stereocenters. The maximum atomic E-state index is 12.9. The number of hydrogen-bond donors (Lipinski definition) is 1. The Kier molecular flexibility index (Phi) is 5.19. The average molecular weight is 377 g/mol. The number of nitriles is 1. The highest BCUT2D eigenvalue weighted by Gasteiger charge is 2.45. The Morgan fingerprint density at radius 1 is 1.32 bits per heavy atom. The van der Waals surface area contributed by atoms with Crippen LogP contribution in [0.3, 0.4) is 0 Å². The largest absolute Gasteiger partial charge is 0.370 e. The van der Waals surface area contributed by atoms with E-state index in [1.807, 2.05) is 38.4 Å². The van der Waals surface area contributed by atoms with Crippen LogP contribution < -0.4 is 10.2 Å². The van der Waals surface area contributed by atoms with E-state index in [9.17, 15) is 10.1 Å². The summed E-state index contributed by atoms with van der Waals surface area (Å²) in [6.45, 7) is 3.16. The van der Waals surface area contributed by atoms with Crippen molar-refractivity contribution in [3.63, 3.8) is 0 Å². The van der Waals surface area contributed by atoms with Gasteiger partial charge in [-0.15, -0.1) is 0 Å². The number of rotatable bonds is 6. The molecule has 2 atom stereocenters. The third kappa shape index (κ3) is 3.67. The summed E-state index contributed by atoms with van der Waals surface area (Å²) in [6.07, 6.45) is 4.19. The van der Waals surface area contributed by atoms with E-state index < -0.39 is 0 Å². The number of fused-ring (bicyclic) bond motifs is 1. The van der Waals surface area contributed by atoms with Gasteiger partial charge in [0, 0.05) is 43.4 Å². The van der Waals surface area contributed by atoms with Crippen LogP contribution in [0.2, 0.25) is 0 Å². The van der Waals surface area contributed by atoms with E-state index in [-0.39, 0.29) is 11.8 Å². The Hall–Kier alpha value is -2.65. The number of nitrogens with zero attached hydrogens (tertiary/aromatic N) is 4. The minimum atomic E-state index is 0.0250. The molecule has 6 heteroatoms. The number of hydrogen-bond acceptors (Lipinski definition) is 5. The number of carbonyl (C=O) groups is 1. The zero-order chi connectivity index (χ0) is 19.7. The number of carbonyl (C=O) groups excluding carboxylic acids is 1. The van der Waals surface area contributed by atoms with Crippen LogP contribution in [0.25, 0.3) is 10.9 Å². The lowest BCUT2D eigenvalue weighted by molar-refractivity contribution is -0.125. The molecule has 6 nitrogen and oxygen atoms in total. The van der Waals surface area contributed by atoms with Crippen molar-refractivity contribution in [2.75, 3.05) is 45.2 Å². The van der Waals surface area contributed by atoms with E-state index in [0.717, 1.165) is 36.2 Å². The second-order valence-electron chi connectivity index (χ2n) is 8.25. The lowest BCUT2D eigenvalue weighted by Gasteiger charge is -2.21. The van der Waals surface area contributed by atoms with Crippen LogP contribution in [-0.4, -0.2) is 56.1 Å². The number of benzene rings is 1. The zero-order valence-corrected chi connectivity index (χ0v) is 16.6. The predicted molar refractivity (Wildman–Crippen MR) is 110 cm³/mol. The number of likely N-dealkylation sites (N-methyl/N-ethyl adjacent to an activating group) is 1. The predicted octanol–water partition coefficient (Wildman–Crippen LogP) is 2.25. The van der Waals surface area contributed by atoms with Crippen LogP contribution >= 0.6 is 0 Å². The van der Waals surface area contributed by atoms with Gasteiger partial charge in [-0.1, -0.05) is 0 Å². The van der Waals surface area contributed by atoms with Crippen molar-refractivity contribution in [3.8, 4) is 6.07 Å². The van der Waals surface area contributed by atoms with Crippen molar-refractivity contribution >= 4 is 22.5 Å². The Balaban J connectivity index is 1.58. The van der Waals surface area contributed by atoms with Crippen LogP contribution in [0.5, 0.6) is 0 Å². The van der Waals surface area contributed by atoms with Crippen molar-refractivity contribution in [1.29, 1.82) is 5.26 Å². The fourth-order valence-electron chi connectivity index (χ4n) is 4.36. The normalized spacial score (nSPS) is 21.9. The Bertz CT molecular complexity index is 915. The van der Waals surface area contributed by atoms with E-state index in [1.54, 1.807) is 6.20 Å². The van der Waals surface area contributed by atoms with Gasteiger partial charge in [-0.05, 0) is 63.0 Å². The lowest BCUT2D eigenvalue weighted by Crippen LogP contribution is -2.39. The van der Waals surface area contributed by atoms with Crippen LogP contribution in [0.15, 0.2) is 30.5 Å². The van der Waals surface area contributed by atoms with Gasteiger partial charge in [-0.3, -0.25) is 9.78 Å². The minimum Gasteiger partial charge on any atom is -0.370 e. The zero-order valence-electron chi connectivity index (χ0n) is 16.6. The van der Waals surface area contributed by atoms with Gasteiger partial charge in [0.1, 0.15) is 6.07 Å². The van der Waals surface area contributed by atoms with E-state index in [0.29, 0.717) is 23.9 Å². The first-order valence-corrected chi connectivity index (χ1v) is 10.0. The number of nitrogens with one attached hydrogen (secondary N) is 1. The first kappa shape index (κ1) is 18.7. The maximum absolute atomic E-state index is 12.9. The molecular weight excluding hydrogens is 350 g/mol. The molecule has 2 heterocycles. The van der Waals surface area contributed by atoms with Gasteiger partial charge in [-0.2, -0.15) is 5.26 Å². The summed E-state index contributed by atoms with van der Waals surface area (Å²) in [5.41, 5.74) is 2.41. The van der Waals surface area contributed by atoms with Crippen molar-refractivity contribution in [3.05, 3.63) is 36.0 Å². The molecule has 1 saturated heterocycles. The molecule has 2 aliphatic rings. The molecule has 1 amide bonds. The van der Waals surface area contributed by atoms with Crippen LogP contribution in [0.4, 0.5) is 5.69 Å². The van der Waals surface area contributed by atoms with Crippen LogP contribution in [0, 0.1) is 29.1 Å². The summed E-state index contributed by atoms with van der Waals surface area (Å²) in [6, 6.07) is 10.0. The third-order valence-electron chi connectivity index (χ3n) is 6.00. The summed E-state index contributed by atoms with van der Waals surface area (Å²) < 4.78 is 0. The number of pyridine rings is 1. The average Bonchev–Trinajstić information content (AvgIpc) is 3.45. The number of anilines is 1. The fourth-order valence-corrected chi connectivity index (χ4v) is 4.36. The molecule has 1 aromatic carbocycles. The minimum absolute atomic E-state index is 0.0250. The summed E-state index contributed by atoms with van der Waals surface area (Å²) in [5.74, 6) is 1.27. The molecule has 0 spiro atoms. The molecule has 1 aliphatic heterocycles. The van der Waals surface area contributed by atoms with Crippen molar-refractivity contribution in [1.82, 2.24) is 15.2 Å². The Labute approximate surface area is 166 Å². The summed E-state index contributed by atoms with van der Waals surface area (Å²) >= 11 is 0. The van der Waals surface area contributed by atoms with Crippen molar-refractivity contribution < 1.29 is 4.79 Å². The highest BCUT2D eigenvalue weighted by Crippen LogP contribution is 2.45. The number of aromatic nitrogens is 1. The van der Waals surface area contributed by atoms with Gasteiger partial charge in [-0.25, -0.2) is 0 Å². The van der Waals surface area contributed by atoms with Crippen LogP contribution in [-0.2, 0) is 4.79 Å². The summed E-state index contributed by atoms with van der Waals surface area (Å²) in [7, 11) is 4.03. The van der Waals surface area contributed by atoms with Gasteiger partial charge >= 0.3 is 0 Å². The highest BCUT2D eigenvalue weighted by atomic mass is 16.2. The third-order valence-corrected chi connectivity index (χ3v) is 6.00. The Morgan fingerprint density at radius 3 is 2.86 bits per heavy atom. The van der Waals surface area contributed by atoms with E-state index in [1.165, 1.54) is 12.8 Å². The second-order valence-corrected chi connectivity index (χ2v) is 8.25. The molecule has 28 heavy (non-hydrogen) atoms. The fraction of sp³-hybridized carbons (Fsp3) is 0.500. The van der Waals surface area contributed by atoms with Gasteiger partial charge in [0.05, 0.1) is 17.0 Å². The molecule has 146 valence electrons. The monoisotopic (exact) mass is 377 g/mol. The smallest absolute Gasteiger partial charge is 0.225 e. The molecule has 1 aliphatic carbocycles. The molecule has 4 rings (SSSR count). The van der Waals surface area contributed by atoms with Crippen LogP contribution in [0.1, 0.15) is 18.4 Å². The molecule has 1 saturated carbocycles. The summed E-state index contributed by atoms with van der Waals surface area (Å²) in [4.78, 5) is 21.7. The first-order valence-electron chi connectivity index (χ1n) is 10.0. The quantitative estimate of drug-likeness (QED) is 0.836. The molecule has 0 radical (unpaired) electrons. The van der Waals surface area contributed by atoms with Gasteiger partial charge in [0.2, 0.25) is 5.91 Å². The molecule has 1 N–H and O–H groups in total. The molecule has 2 aromatic rings. The highest BCUT2D eigenvalue weighted by molar-refractivity contribution is 5.95. The van der Waals surface area contributed by atoms with Gasteiger partial charge in [0.25, 0.3) is 0 Å². The molecular formula is C22H27N5O. The second kappa shape index (κ2) is 7.76. The van der Waals surface area contributed by atoms with E-state index in [2.05, 4.69) is 26.2 Å². The van der Waals surface area contributed by atoms with Gasteiger partial charge in [0.15, 0.2) is 0 Å². The number of amides is 1. The SMILES string of the molecule is CN(C)CCNC(=O)[C@@H]1CN(c2ccc(C#N)c3ncccc23)C[C@H]1C1CC1. The topological polar surface area (TPSA) is 72.3 Å². The first-order chi connectivity index (χ1) is 13.6. The molecule has 1 aromatic heterocycles. The maximum Gasteiger partial charge on any atom is 0.225 e. The van der Waals surface area contributed by atoms with Gasteiger partial charge < -0.3 is 15.1 Å². The Morgan fingerprint density at radius 2 is 2.14 bits per heavy atom. The standard InChI is InChI=1S/C22H27N5O/c1-26(2)11-10-25-22(28)19-14-27(13-18(19)15-5-6-15)20-8-7-16(12-23)21-17(20)4-3-9-24-21/h3-4,7-9,15,18-19H,5-6,10-11,13-14H2,1-2H3,(H,25,28)/t18-,19+/m0/s1. The summed E-state index contributed by atoms with van der Waals surface area (Å²) in [5, 5.41) is 13.5. The molecule has 2 fully saturated rings. The van der Waals surface area contributed by atoms with E-state index in [4.69, 9.17) is 0 Å². The molecule has 0 bridgehead atoms. The van der Waals surface area contributed by atoms with E-state index >= 15 is 0 Å².